The van der Waals surface area contributed by atoms with Crippen molar-refractivity contribution in [1.29, 1.82) is 0 Å². The van der Waals surface area contributed by atoms with Crippen LogP contribution in [0.4, 0.5) is 10.1 Å². The molecule has 3 nitrogen and oxygen atoms in total. The third-order valence-corrected chi connectivity index (χ3v) is 3.15. The predicted molar refractivity (Wildman–Crippen MR) is 76.6 cm³/mol. The van der Waals surface area contributed by atoms with Gasteiger partial charge in [0.15, 0.2) is 0 Å². The molecule has 0 radical (unpaired) electrons. The van der Waals surface area contributed by atoms with Crippen molar-refractivity contribution in [3.8, 4) is 0 Å². The third kappa shape index (κ3) is 2.96. The van der Waals surface area contributed by atoms with E-state index in [4.69, 9.17) is 0 Å². The van der Waals surface area contributed by atoms with E-state index in [1.54, 1.807) is 37.3 Å². The van der Waals surface area contributed by atoms with Crippen molar-refractivity contribution in [2.45, 2.75) is 19.9 Å². The zero-order chi connectivity index (χ0) is 14.7. The Kier molecular flexibility index (Phi) is 4.03. The summed E-state index contributed by atoms with van der Waals surface area (Å²) in [7, 11) is 0. The van der Waals surface area contributed by atoms with Gasteiger partial charge in [-0.05, 0) is 32.0 Å². The Morgan fingerprint density at radius 1 is 1.25 bits per heavy atom. The van der Waals surface area contributed by atoms with Crippen LogP contribution in [0.15, 0.2) is 42.5 Å². The Bertz CT molecular complexity index is 640. The van der Waals surface area contributed by atoms with Crippen LogP contribution < -0.4 is 5.32 Å². The number of carbonyl (C=O) groups is 1. The molecular weight excluding hydrogens is 257 g/mol. The fraction of sp³-hybridized carbons (Fsp3) is 0.188. The summed E-state index contributed by atoms with van der Waals surface area (Å²) in [6.45, 7) is 3.63. The van der Waals surface area contributed by atoms with Gasteiger partial charge in [0, 0.05) is 11.3 Å². The van der Waals surface area contributed by atoms with Crippen LogP contribution in [0.1, 0.15) is 34.5 Å². The Morgan fingerprint density at radius 3 is 2.60 bits per heavy atom. The van der Waals surface area contributed by atoms with Gasteiger partial charge < -0.3 is 10.4 Å². The van der Waals surface area contributed by atoms with Crippen molar-refractivity contribution in [1.82, 2.24) is 0 Å². The summed E-state index contributed by atoms with van der Waals surface area (Å²) in [6, 6.07) is 11.3. The molecule has 104 valence electrons. The molecule has 2 rings (SSSR count). The zero-order valence-electron chi connectivity index (χ0n) is 11.4. The van der Waals surface area contributed by atoms with Gasteiger partial charge in [0.1, 0.15) is 5.82 Å². The van der Waals surface area contributed by atoms with Crippen molar-refractivity contribution < 1.29 is 14.3 Å². The van der Waals surface area contributed by atoms with Crippen molar-refractivity contribution in [2.75, 3.05) is 5.32 Å². The Hall–Kier alpha value is -2.36. The molecule has 2 aromatic carbocycles. The fourth-order valence-electron chi connectivity index (χ4n) is 2.10. The highest BCUT2D eigenvalue weighted by Gasteiger charge is 2.15. The Morgan fingerprint density at radius 2 is 1.95 bits per heavy atom. The second-order valence-electron chi connectivity index (χ2n) is 4.74. The lowest BCUT2D eigenvalue weighted by molar-refractivity contribution is 0.0698. The molecule has 0 bridgehead atoms. The van der Waals surface area contributed by atoms with E-state index >= 15 is 0 Å². The number of hydrogen-bond donors (Lipinski definition) is 2. The largest absolute Gasteiger partial charge is 0.478 e. The molecule has 0 fully saturated rings. The highest BCUT2D eigenvalue weighted by atomic mass is 19.1. The third-order valence-electron chi connectivity index (χ3n) is 3.15. The number of benzene rings is 2. The highest BCUT2D eigenvalue weighted by Crippen LogP contribution is 2.25. The normalized spacial score (nSPS) is 11.9. The highest BCUT2D eigenvalue weighted by molar-refractivity contribution is 5.94. The van der Waals surface area contributed by atoms with Gasteiger partial charge in [-0.25, -0.2) is 9.18 Å². The van der Waals surface area contributed by atoms with Crippen LogP contribution in [0, 0.1) is 12.7 Å². The number of halogens is 1. The second kappa shape index (κ2) is 5.74. The number of rotatable bonds is 4. The Labute approximate surface area is 117 Å². The summed E-state index contributed by atoms with van der Waals surface area (Å²) < 4.78 is 13.7. The van der Waals surface area contributed by atoms with Crippen LogP contribution in [0.2, 0.25) is 0 Å². The lowest BCUT2D eigenvalue weighted by Crippen LogP contribution is -2.12. The van der Waals surface area contributed by atoms with Gasteiger partial charge in [0.25, 0.3) is 0 Å². The molecule has 20 heavy (non-hydrogen) atoms. The maximum absolute atomic E-state index is 13.7. The molecule has 2 aromatic rings. The summed E-state index contributed by atoms with van der Waals surface area (Å²) in [4.78, 5) is 11.2. The first-order chi connectivity index (χ1) is 9.49. The van der Waals surface area contributed by atoms with E-state index < -0.39 is 5.97 Å². The lowest BCUT2D eigenvalue weighted by atomic mass is 10.1. The molecule has 2 N–H and O–H groups in total. The first-order valence-electron chi connectivity index (χ1n) is 6.34. The molecule has 0 aliphatic heterocycles. The first kappa shape index (κ1) is 14.1. The average Bonchev–Trinajstić information content (AvgIpc) is 2.41. The van der Waals surface area contributed by atoms with E-state index in [1.807, 2.05) is 13.0 Å². The molecule has 0 aromatic heterocycles. The minimum absolute atomic E-state index is 0.188. The predicted octanol–water partition coefficient (Wildman–Crippen LogP) is 4.01. The number of carboxylic acids is 1. The van der Waals surface area contributed by atoms with Gasteiger partial charge in [-0.1, -0.05) is 29.8 Å². The minimum Gasteiger partial charge on any atom is -0.478 e. The number of nitrogens with one attached hydrogen (secondary N) is 1. The van der Waals surface area contributed by atoms with E-state index in [9.17, 15) is 14.3 Å². The lowest BCUT2D eigenvalue weighted by Gasteiger charge is -2.18. The quantitative estimate of drug-likeness (QED) is 0.885. The average molecular weight is 273 g/mol. The van der Waals surface area contributed by atoms with Crippen molar-refractivity contribution in [2.24, 2.45) is 0 Å². The number of aryl methyl sites for hydroxylation is 1. The van der Waals surface area contributed by atoms with Crippen molar-refractivity contribution in [3.63, 3.8) is 0 Å². The maximum Gasteiger partial charge on any atom is 0.337 e. The summed E-state index contributed by atoms with van der Waals surface area (Å²) >= 11 is 0. The summed E-state index contributed by atoms with van der Waals surface area (Å²) in [5.41, 5.74) is 2.04. The van der Waals surface area contributed by atoms with E-state index in [0.717, 1.165) is 5.56 Å². The standard InChI is InChI=1S/C16H16FNO2/c1-10-7-8-15(13(9-10)16(19)20)18-11(2)12-5-3-4-6-14(12)17/h3-9,11,18H,1-2H3,(H,19,20). The van der Waals surface area contributed by atoms with Crippen LogP contribution in [0.25, 0.3) is 0 Å². The molecule has 1 atom stereocenters. The van der Waals surface area contributed by atoms with Crippen LogP contribution in [0.5, 0.6) is 0 Å². The molecule has 0 aliphatic carbocycles. The molecule has 4 heteroatoms. The summed E-state index contributed by atoms with van der Waals surface area (Å²) in [5.74, 6) is -1.31. The molecule has 0 aliphatic rings. The van der Waals surface area contributed by atoms with E-state index in [0.29, 0.717) is 11.3 Å². The van der Waals surface area contributed by atoms with Gasteiger partial charge in [0.05, 0.1) is 11.6 Å². The summed E-state index contributed by atoms with van der Waals surface area (Å²) in [6.07, 6.45) is 0. The number of carboxylic acid groups (broad SMARTS) is 1. The van der Waals surface area contributed by atoms with E-state index in [-0.39, 0.29) is 17.4 Å². The van der Waals surface area contributed by atoms with Gasteiger partial charge in [-0.3, -0.25) is 0 Å². The molecule has 0 heterocycles. The van der Waals surface area contributed by atoms with Crippen LogP contribution in [0.3, 0.4) is 0 Å². The number of aromatic carboxylic acids is 1. The molecule has 0 spiro atoms. The molecule has 0 saturated heterocycles. The van der Waals surface area contributed by atoms with Crippen molar-refractivity contribution >= 4 is 11.7 Å². The smallest absolute Gasteiger partial charge is 0.337 e. The summed E-state index contributed by atoms with van der Waals surface area (Å²) in [5, 5.41) is 12.3. The van der Waals surface area contributed by atoms with Crippen LogP contribution in [-0.2, 0) is 0 Å². The van der Waals surface area contributed by atoms with E-state index in [1.165, 1.54) is 6.07 Å². The number of hydrogen-bond acceptors (Lipinski definition) is 2. The fourth-order valence-corrected chi connectivity index (χ4v) is 2.10. The Balaban J connectivity index is 2.31. The van der Waals surface area contributed by atoms with Gasteiger partial charge in [-0.15, -0.1) is 0 Å². The molecule has 0 saturated carbocycles. The van der Waals surface area contributed by atoms with Gasteiger partial charge in [-0.2, -0.15) is 0 Å². The zero-order valence-corrected chi connectivity index (χ0v) is 11.4. The van der Waals surface area contributed by atoms with E-state index in [2.05, 4.69) is 5.32 Å². The maximum atomic E-state index is 13.7. The SMILES string of the molecule is Cc1ccc(NC(C)c2ccccc2F)c(C(=O)O)c1. The molecule has 1 unspecified atom stereocenters. The van der Waals surface area contributed by atoms with Crippen LogP contribution in [-0.4, -0.2) is 11.1 Å². The monoisotopic (exact) mass is 273 g/mol. The minimum atomic E-state index is -1.00. The topological polar surface area (TPSA) is 49.3 Å². The van der Waals surface area contributed by atoms with Gasteiger partial charge >= 0.3 is 5.97 Å². The first-order valence-corrected chi connectivity index (χ1v) is 6.34. The van der Waals surface area contributed by atoms with Gasteiger partial charge in [0.2, 0.25) is 0 Å². The number of anilines is 1. The second-order valence-corrected chi connectivity index (χ2v) is 4.74. The molecule has 0 amide bonds. The van der Waals surface area contributed by atoms with Crippen LogP contribution >= 0.6 is 0 Å². The molecular formula is C16H16FNO2. The van der Waals surface area contributed by atoms with Crippen molar-refractivity contribution in [3.05, 3.63) is 65.0 Å².